The lowest BCUT2D eigenvalue weighted by molar-refractivity contribution is -0.192. The summed E-state index contributed by atoms with van der Waals surface area (Å²) in [5, 5.41) is 17.5. The van der Waals surface area contributed by atoms with Gasteiger partial charge in [-0.15, -0.1) is 0 Å². The number of nitrogens with zero attached hydrogens (tertiary/aromatic N) is 1. The summed E-state index contributed by atoms with van der Waals surface area (Å²) in [5.41, 5.74) is 7.19. The largest absolute Gasteiger partial charge is 0.490 e. The minimum atomic E-state index is -5.08. The number of aliphatic carboxylic acids is 1. The zero-order valence-electron chi connectivity index (χ0n) is 15.4. The summed E-state index contributed by atoms with van der Waals surface area (Å²) in [4.78, 5) is 21.4. The molecule has 0 aliphatic carbocycles. The summed E-state index contributed by atoms with van der Waals surface area (Å²) >= 11 is 3.43. The fraction of sp³-hybridized carbons (Fsp3) is 0.167. The van der Waals surface area contributed by atoms with Gasteiger partial charge in [-0.05, 0) is 40.2 Å². The first kappa shape index (κ1) is 22.2. The van der Waals surface area contributed by atoms with Crippen molar-refractivity contribution in [2.45, 2.75) is 12.3 Å². The standard InChI is InChI=1S/C16H13BrN4O3.C2HF3O2/c17-10-6-8(5-9-14(10)20-21-15(9)18)19-16(22)13-7-23-11-3-1-2-4-12(11)24-13;3-2(4,5)1(6)7/h1-6,13H,7H2,(H,19,22)(H3,18,20,21);(H,6,7). The molecule has 2 aromatic carbocycles. The lowest BCUT2D eigenvalue weighted by atomic mass is 10.2. The van der Waals surface area contributed by atoms with Crippen LogP contribution in [0.15, 0.2) is 40.9 Å². The van der Waals surface area contributed by atoms with Gasteiger partial charge in [0.25, 0.3) is 5.91 Å². The number of aromatic nitrogens is 2. The van der Waals surface area contributed by atoms with Gasteiger partial charge < -0.3 is 25.6 Å². The number of carboxylic acids is 1. The number of carbonyl (C=O) groups is 2. The van der Waals surface area contributed by atoms with E-state index in [1.54, 1.807) is 24.3 Å². The molecule has 3 aromatic rings. The highest BCUT2D eigenvalue weighted by Crippen LogP contribution is 2.32. The molecule has 13 heteroatoms. The molecule has 2 heterocycles. The number of fused-ring (bicyclic) bond motifs is 2. The maximum atomic E-state index is 12.5. The van der Waals surface area contributed by atoms with Crippen molar-refractivity contribution in [2.75, 3.05) is 17.7 Å². The molecule has 0 saturated carbocycles. The highest BCUT2D eigenvalue weighted by Gasteiger charge is 2.38. The first-order valence-corrected chi connectivity index (χ1v) is 9.28. The first-order valence-electron chi connectivity index (χ1n) is 8.49. The molecule has 1 amide bonds. The molecule has 9 nitrogen and oxygen atoms in total. The van der Waals surface area contributed by atoms with E-state index >= 15 is 0 Å². The number of carboxylic acid groups (broad SMARTS) is 1. The normalized spacial score (nSPS) is 15.0. The van der Waals surface area contributed by atoms with Crippen LogP contribution in [0.2, 0.25) is 0 Å². The second-order valence-electron chi connectivity index (χ2n) is 6.15. The van der Waals surface area contributed by atoms with Crippen molar-refractivity contribution in [1.82, 2.24) is 10.2 Å². The number of amides is 1. The minimum absolute atomic E-state index is 0.153. The molecular weight excluding hydrogens is 489 g/mol. The van der Waals surface area contributed by atoms with Crippen LogP contribution in [0.25, 0.3) is 10.9 Å². The summed E-state index contributed by atoms with van der Waals surface area (Å²) < 4.78 is 43.8. The third-order valence-electron chi connectivity index (χ3n) is 3.97. The maximum Gasteiger partial charge on any atom is 0.490 e. The van der Waals surface area contributed by atoms with E-state index in [1.165, 1.54) is 0 Å². The number of alkyl halides is 3. The number of hydrogen-bond donors (Lipinski definition) is 4. The number of nitrogen functional groups attached to an aromatic ring is 1. The molecule has 31 heavy (non-hydrogen) atoms. The molecule has 1 atom stereocenters. The Morgan fingerprint density at radius 3 is 2.55 bits per heavy atom. The van der Waals surface area contributed by atoms with Crippen LogP contribution in [0.3, 0.4) is 0 Å². The third-order valence-corrected chi connectivity index (χ3v) is 4.59. The van der Waals surface area contributed by atoms with E-state index in [9.17, 15) is 18.0 Å². The Bertz CT molecular complexity index is 1140. The van der Waals surface area contributed by atoms with Crippen LogP contribution < -0.4 is 20.5 Å². The van der Waals surface area contributed by atoms with Gasteiger partial charge in [0, 0.05) is 15.5 Å². The van der Waals surface area contributed by atoms with Crippen LogP contribution in [0.1, 0.15) is 0 Å². The number of anilines is 2. The highest BCUT2D eigenvalue weighted by atomic mass is 79.9. The van der Waals surface area contributed by atoms with Crippen LogP contribution in [0.4, 0.5) is 24.7 Å². The average molecular weight is 503 g/mol. The Balaban J connectivity index is 0.000000339. The van der Waals surface area contributed by atoms with E-state index in [4.69, 9.17) is 25.1 Å². The van der Waals surface area contributed by atoms with E-state index in [1.807, 2.05) is 12.1 Å². The Morgan fingerprint density at radius 2 is 1.90 bits per heavy atom. The number of H-pyrrole nitrogens is 1. The van der Waals surface area contributed by atoms with E-state index < -0.39 is 18.2 Å². The molecule has 164 valence electrons. The van der Waals surface area contributed by atoms with Gasteiger partial charge >= 0.3 is 12.1 Å². The van der Waals surface area contributed by atoms with Crippen molar-refractivity contribution < 1.29 is 37.3 Å². The van der Waals surface area contributed by atoms with Crippen LogP contribution in [0, 0.1) is 0 Å². The maximum absolute atomic E-state index is 12.5. The molecule has 0 fully saturated rings. The van der Waals surface area contributed by atoms with E-state index in [0.29, 0.717) is 23.0 Å². The van der Waals surface area contributed by atoms with E-state index in [-0.39, 0.29) is 12.5 Å². The van der Waals surface area contributed by atoms with Gasteiger partial charge in [0.05, 0.1) is 5.52 Å². The quantitative estimate of drug-likeness (QED) is 0.421. The lowest BCUT2D eigenvalue weighted by Crippen LogP contribution is -2.40. The van der Waals surface area contributed by atoms with Crippen molar-refractivity contribution in [1.29, 1.82) is 0 Å². The fourth-order valence-electron chi connectivity index (χ4n) is 2.54. The summed E-state index contributed by atoms with van der Waals surface area (Å²) in [7, 11) is 0. The highest BCUT2D eigenvalue weighted by molar-refractivity contribution is 9.10. The van der Waals surface area contributed by atoms with Crippen molar-refractivity contribution in [2.24, 2.45) is 0 Å². The Morgan fingerprint density at radius 1 is 1.26 bits per heavy atom. The number of rotatable bonds is 2. The number of para-hydroxylation sites is 2. The molecule has 1 aromatic heterocycles. The molecule has 0 radical (unpaired) electrons. The second-order valence-corrected chi connectivity index (χ2v) is 7.00. The number of hydrogen-bond acceptors (Lipinski definition) is 6. The van der Waals surface area contributed by atoms with Gasteiger partial charge in [-0.25, -0.2) is 4.79 Å². The van der Waals surface area contributed by atoms with Gasteiger partial charge in [-0.3, -0.25) is 9.89 Å². The molecule has 1 aliphatic rings. The molecule has 4 rings (SSSR count). The van der Waals surface area contributed by atoms with Gasteiger partial charge in [0.2, 0.25) is 6.10 Å². The monoisotopic (exact) mass is 502 g/mol. The van der Waals surface area contributed by atoms with Crippen molar-refractivity contribution in [3.63, 3.8) is 0 Å². The first-order chi connectivity index (χ1) is 14.6. The molecule has 0 spiro atoms. The topological polar surface area (TPSA) is 140 Å². The minimum Gasteiger partial charge on any atom is -0.485 e. The number of ether oxygens (including phenoxy) is 2. The SMILES string of the molecule is Nc1n[nH]c2c(Br)cc(NC(=O)C3COc4ccccc4O3)cc12.O=C(O)C(F)(F)F. The summed E-state index contributed by atoms with van der Waals surface area (Å²) in [6.07, 6.45) is -5.81. The van der Waals surface area contributed by atoms with Crippen LogP contribution in [0.5, 0.6) is 11.5 Å². The molecule has 0 bridgehead atoms. The molecule has 5 N–H and O–H groups in total. The van der Waals surface area contributed by atoms with Crippen molar-refractivity contribution in [3.05, 3.63) is 40.9 Å². The molecule has 0 saturated heterocycles. The third kappa shape index (κ3) is 5.17. The molecule has 1 unspecified atom stereocenters. The number of carbonyl (C=O) groups excluding carboxylic acids is 1. The Labute approximate surface area is 180 Å². The number of nitrogens with one attached hydrogen (secondary N) is 2. The second kappa shape index (κ2) is 8.71. The van der Waals surface area contributed by atoms with Crippen LogP contribution in [-0.4, -0.2) is 46.1 Å². The van der Waals surface area contributed by atoms with E-state index in [2.05, 4.69) is 31.4 Å². The summed E-state index contributed by atoms with van der Waals surface area (Å²) in [6, 6.07) is 10.8. The number of aromatic amines is 1. The smallest absolute Gasteiger partial charge is 0.485 e. The Kier molecular flexibility index (Phi) is 6.24. The summed E-state index contributed by atoms with van der Waals surface area (Å²) in [5.74, 6) is -1.49. The molecule has 1 aliphatic heterocycles. The Hall–Kier alpha value is -3.48. The lowest BCUT2D eigenvalue weighted by Gasteiger charge is -2.25. The molecular formula is C18H14BrF3N4O5. The van der Waals surface area contributed by atoms with Gasteiger partial charge in [-0.1, -0.05) is 12.1 Å². The number of benzene rings is 2. The van der Waals surface area contributed by atoms with Gasteiger partial charge in [0.15, 0.2) is 17.3 Å². The average Bonchev–Trinajstić information content (AvgIpc) is 3.08. The number of nitrogens with two attached hydrogens (primary N) is 1. The zero-order chi connectivity index (χ0) is 22.8. The van der Waals surface area contributed by atoms with Crippen LogP contribution in [-0.2, 0) is 9.59 Å². The fourth-order valence-corrected chi connectivity index (χ4v) is 3.09. The van der Waals surface area contributed by atoms with Crippen molar-refractivity contribution >= 4 is 50.2 Å². The summed E-state index contributed by atoms with van der Waals surface area (Å²) in [6.45, 7) is 0.153. The predicted molar refractivity (Wildman–Crippen MR) is 107 cm³/mol. The predicted octanol–water partition coefficient (Wildman–Crippen LogP) is 3.32. The zero-order valence-corrected chi connectivity index (χ0v) is 17.0. The van der Waals surface area contributed by atoms with E-state index in [0.717, 1.165) is 15.4 Å². The van der Waals surface area contributed by atoms with Crippen LogP contribution >= 0.6 is 15.9 Å². The van der Waals surface area contributed by atoms with Gasteiger partial charge in [-0.2, -0.15) is 18.3 Å². The van der Waals surface area contributed by atoms with Gasteiger partial charge in [0.1, 0.15) is 6.61 Å². The van der Waals surface area contributed by atoms with Crippen molar-refractivity contribution in [3.8, 4) is 11.5 Å². The number of halogens is 4.